The first kappa shape index (κ1) is 11.9. The van der Waals surface area contributed by atoms with Gasteiger partial charge in [0.1, 0.15) is 0 Å². The third-order valence-electron chi connectivity index (χ3n) is 4.32. The summed E-state index contributed by atoms with van der Waals surface area (Å²) in [7, 11) is 1.74. The molecule has 16 heavy (non-hydrogen) atoms. The summed E-state index contributed by atoms with van der Waals surface area (Å²) in [6.07, 6.45) is 8.06. The first-order valence-electron chi connectivity index (χ1n) is 6.73. The van der Waals surface area contributed by atoms with Crippen LogP contribution in [-0.4, -0.2) is 26.0 Å². The van der Waals surface area contributed by atoms with Crippen LogP contribution in [0.3, 0.4) is 0 Å². The van der Waals surface area contributed by atoms with Crippen LogP contribution in [0.5, 0.6) is 0 Å². The van der Waals surface area contributed by atoms with Gasteiger partial charge in [-0.15, -0.1) is 0 Å². The summed E-state index contributed by atoms with van der Waals surface area (Å²) >= 11 is 0. The highest BCUT2D eigenvalue weighted by atomic mass is 16.1. The molecule has 2 fully saturated rings. The van der Waals surface area contributed by atoms with Crippen molar-refractivity contribution in [1.29, 1.82) is 0 Å². The number of piperidine rings is 1. The summed E-state index contributed by atoms with van der Waals surface area (Å²) in [5.41, 5.74) is 0. The number of carbonyl (C=O) groups is 1. The van der Waals surface area contributed by atoms with E-state index >= 15 is 0 Å². The molecular formula is C13H24N2O. The lowest BCUT2D eigenvalue weighted by atomic mass is 9.74. The van der Waals surface area contributed by atoms with E-state index in [1.807, 2.05) is 0 Å². The fourth-order valence-electron chi connectivity index (χ4n) is 3.34. The zero-order chi connectivity index (χ0) is 11.4. The molecule has 1 amide bonds. The summed E-state index contributed by atoms with van der Waals surface area (Å²) in [5, 5.41) is 6.22. The van der Waals surface area contributed by atoms with E-state index in [2.05, 4.69) is 10.6 Å². The van der Waals surface area contributed by atoms with Crippen molar-refractivity contribution < 1.29 is 4.79 Å². The lowest BCUT2D eigenvalue weighted by Gasteiger charge is -2.36. The highest BCUT2D eigenvalue weighted by Crippen LogP contribution is 2.34. The Morgan fingerprint density at radius 1 is 1.12 bits per heavy atom. The van der Waals surface area contributed by atoms with Gasteiger partial charge in [-0.2, -0.15) is 0 Å². The number of hydrogen-bond acceptors (Lipinski definition) is 2. The molecule has 0 aromatic rings. The number of hydrogen-bond donors (Lipinski definition) is 2. The van der Waals surface area contributed by atoms with Crippen LogP contribution in [-0.2, 0) is 4.79 Å². The average molecular weight is 224 g/mol. The molecule has 0 aromatic carbocycles. The topological polar surface area (TPSA) is 41.1 Å². The molecule has 1 heterocycles. The van der Waals surface area contributed by atoms with Gasteiger partial charge in [0.15, 0.2) is 0 Å². The fourth-order valence-corrected chi connectivity index (χ4v) is 3.34. The van der Waals surface area contributed by atoms with Crippen LogP contribution in [0, 0.1) is 17.8 Å². The maximum atomic E-state index is 11.6. The van der Waals surface area contributed by atoms with Gasteiger partial charge >= 0.3 is 0 Å². The molecule has 1 unspecified atom stereocenters. The summed E-state index contributed by atoms with van der Waals surface area (Å²) < 4.78 is 0. The Labute approximate surface area is 98.4 Å². The third-order valence-corrected chi connectivity index (χ3v) is 4.32. The molecule has 1 saturated carbocycles. The number of carbonyl (C=O) groups excluding carboxylic acids is 1. The molecule has 2 atom stereocenters. The molecule has 2 N–H and O–H groups in total. The van der Waals surface area contributed by atoms with Crippen LogP contribution < -0.4 is 10.6 Å². The summed E-state index contributed by atoms with van der Waals surface area (Å²) in [6.45, 7) is 1.99. The lowest BCUT2D eigenvalue weighted by Crippen LogP contribution is -2.45. The van der Waals surface area contributed by atoms with Crippen LogP contribution in [0.15, 0.2) is 0 Å². The van der Waals surface area contributed by atoms with Crippen LogP contribution >= 0.6 is 0 Å². The molecule has 3 heteroatoms. The van der Waals surface area contributed by atoms with E-state index in [0.717, 1.165) is 31.3 Å². The third kappa shape index (κ3) is 2.76. The minimum absolute atomic E-state index is 0.200. The molecule has 1 saturated heterocycles. The molecule has 0 aromatic heterocycles. The van der Waals surface area contributed by atoms with Gasteiger partial charge in [0, 0.05) is 13.6 Å². The van der Waals surface area contributed by atoms with Gasteiger partial charge in [-0.05, 0) is 24.8 Å². The standard InChI is InChI=1S/C13H24N2O/c1-14-13(16)12-7-11(8-15-9-12)10-5-3-2-4-6-10/h10-12,15H,2-9H2,1H3,(H,14,16)/t11?,12-/m0/s1. The SMILES string of the molecule is CNC(=O)[C@@H]1CNCC(C2CCCCC2)C1. The molecule has 2 aliphatic rings. The van der Waals surface area contributed by atoms with E-state index in [9.17, 15) is 4.79 Å². The van der Waals surface area contributed by atoms with Crippen molar-refractivity contribution in [3.05, 3.63) is 0 Å². The van der Waals surface area contributed by atoms with Crippen LogP contribution in [0.25, 0.3) is 0 Å². The lowest BCUT2D eigenvalue weighted by molar-refractivity contribution is -0.125. The zero-order valence-electron chi connectivity index (χ0n) is 10.3. The molecule has 0 radical (unpaired) electrons. The van der Waals surface area contributed by atoms with E-state index in [1.165, 1.54) is 32.1 Å². The normalized spacial score (nSPS) is 32.3. The Hall–Kier alpha value is -0.570. The van der Waals surface area contributed by atoms with Gasteiger partial charge in [0.05, 0.1) is 5.92 Å². The summed E-state index contributed by atoms with van der Waals surface area (Å²) in [5.74, 6) is 2.02. The first-order chi connectivity index (χ1) is 7.81. The van der Waals surface area contributed by atoms with E-state index in [1.54, 1.807) is 7.05 Å². The van der Waals surface area contributed by atoms with Gasteiger partial charge in [0.2, 0.25) is 5.91 Å². The average Bonchev–Trinajstić information content (AvgIpc) is 2.39. The van der Waals surface area contributed by atoms with Crippen LogP contribution in [0.4, 0.5) is 0 Å². The van der Waals surface area contributed by atoms with E-state index in [0.29, 0.717) is 0 Å². The van der Waals surface area contributed by atoms with E-state index in [-0.39, 0.29) is 11.8 Å². The van der Waals surface area contributed by atoms with Gasteiger partial charge in [0.25, 0.3) is 0 Å². The Balaban J connectivity index is 1.87. The number of amides is 1. The van der Waals surface area contributed by atoms with Crippen LogP contribution in [0.1, 0.15) is 38.5 Å². The second kappa shape index (κ2) is 5.67. The maximum Gasteiger partial charge on any atom is 0.224 e. The number of nitrogens with one attached hydrogen (secondary N) is 2. The molecule has 1 aliphatic carbocycles. The first-order valence-corrected chi connectivity index (χ1v) is 6.73. The quantitative estimate of drug-likeness (QED) is 0.747. The van der Waals surface area contributed by atoms with E-state index < -0.39 is 0 Å². The van der Waals surface area contributed by atoms with Gasteiger partial charge in [-0.25, -0.2) is 0 Å². The maximum absolute atomic E-state index is 11.6. The van der Waals surface area contributed by atoms with Crippen molar-refractivity contribution in [1.82, 2.24) is 10.6 Å². The second-order valence-corrected chi connectivity index (χ2v) is 5.36. The largest absolute Gasteiger partial charge is 0.359 e. The van der Waals surface area contributed by atoms with Crippen molar-refractivity contribution in [2.24, 2.45) is 17.8 Å². The monoisotopic (exact) mass is 224 g/mol. The van der Waals surface area contributed by atoms with E-state index in [4.69, 9.17) is 0 Å². The predicted octanol–water partition coefficient (Wildman–Crippen LogP) is 1.54. The fraction of sp³-hybridized carbons (Fsp3) is 0.923. The Bertz CT molecular complexity index is 236. The predicted molar refractivity (Wildman–Crippen MR) is 65.1 cm³/mol. The second-order valence-electron chi connectivity index (χ2n) is 5.36. The van der Waals surface area contributed by atoms with Crippen molar-refractivity contribution in [3.63, 3.8) is 0 Å². The van der Waals surface area contributed by atoms with Gasteiger partial charge in [-0.3, -0.25) is 4.79 Å². The van der Waals surface area contributed by atoms with Crippen molar-refractivity contribution in [3.8, 4) is 0 Å². The van der Waals surface area contributed by atoms with Gasteiger partial charge < -0.3 is 10.6 Å². The minimum atomic E-state index is 0.200. The van der Waals surface area contributed by atoms with Crippen molar-refractivity contribution in [2.75, 3.05) is 20.1 Å². The number of rotatable bonds is 2. The smallest absolute Gasteiger partial charge is 0.224 e. The van der Waals surface area contributed by atoms with Crippen molar-refractivity contribution in [2.45, 2.75) is 38.5 Å². The molecule has 1 aliphatic heterocycles. The van der Waals surface area contributed by atoms with Gasteiger partial charge in [-0.1, -0.05) is 32.1 Å². The Morgan fingerprint density at radius 2 is 1.88 bits per heavy atom. The zero-order valence-corrected chi connectivity index (χ0v) is 10.3. The Kier molecular flexibility index (Phi) is 4.22. The molecule has 92 valence electrons. The Morgan fingerprint density at radius 3 is 2.56 bits per heavy atom. The molecule has 0 bridgehead atoms. The minimum Gasteiger partial charge on any atom is -0.359 e. The molecular weight excluding hydrogens is 200 g/mol. The summed E-state index contributed by atoms with van der Waals surface area (Å²) in [4.78, 5) is 11.6. The molecule has 3 nitrogen and oxygen atoms in total. The highest BCUT2D eigenvalue weighted by Gasteiger charge is 2.31. The molecule has 2 rings (SSSR count). The van der Waals surface area contributed by atoms with Crippen molar-refractivity contribution >= 4 is 5.91 Å². The molecule has 0 spiro atoms. The summed E-state index contributed by atoms with van der Waals surface area (Å²) in [6, 6.07) is 0. The highest BCUT2D eigenvalue weighted by molar-refractivity contribution is 5.78. The van der Waals surface area contributed by atoms with Crippen LogP contribution in [0.2, 0.25) is 0 Å².